The zero-order chi connectivity index (χ0) is 24.9. The molecule has 3 unspecified atom stereocenters. The lowest BCUT2D eigenvalue weighted by atomic mass is 10.0. The molecule has 0 radical (unpaired) electrons. The maximum absolute atomic E-state index is 14.3. The van der Waals surface area contributed by atoms with Crippen molar-refractivity contribution in [2.75, 3.05) is 18.4 Å². The summed E-state index contributed by atoms with van der Waals surface area (Å²) in [5.74, 6) is -0.332. The first-order chi connectivity index (χ1) is 17.6. The number of fused-ring (bicyclic) bond motifs is 1. The van der Waals surface area contributed by atoms with Gasteiger partial charge in [-0.2, -0.15) is 4.98 Å². The van der Waals surface area contributed by atoms with Gasteiger partial charge in [-0.25, -0.2) is 9.18 Å². The number of pyridine rings is 1. The first-order valence-corrected chi connectivity index (χ1v) is 12.4. The Labute approximate surface area is 208 Å². The van der Waals surface area contributed by atoms with Gasteiger partial charge in [0.15, 0.2) is 0 Å². The Kier molecular flexibility index (Phi) is 7.20. The molecule has 2 aromatic heterocycles. The highest BCUT2D eigenvalue weighted by Gasteiger charge is 2.45. The molecule has 9 nitrogen and oxygen atoms in total. The number of nitrogens with one attached hydrogen (secondary N) is 2. The van der Waals surface area contributed by atoms with E-state index in [1.54, 1.807) is 35.5 Å². The van der Waals surface area contributed by atoms with Crippen molar-refractivity contribution in [3.63, 3.8) is 0 Å². The minimum absolute atomic E-state index is 0.0833. The van der Waals surface area contributed by atoms with Crippen molar-refractivity contribution in [2.45, 2.75) is 50.5 Å². The van der Waals surface area contributed by atoms with E-state index in [1.807, 2.05) is 6.07 Å². The predicted molar refractivity (Wildman–Crippen MR) is 130 cm³/mol. The van der Waals surface area contributed by atoms with Gasteiger partial charge in [-0.3, -0.25) is 9.78 Å². The predicted octanol–water partition coefficient (Wildman–Crippen LogP) is 4.36. The smallest absolute Gasteiger partial charge is 0.322 e. The Balaban J connectivity index is 1.41. The van der Waals surface area contributed by atoms with Crippen LogP contribution in [0, 0.1) is 11.7 Å². The first kappa shape index (κ1) is 23.9. The quantitative estimate of drug-likeness (QED) is 0.562. The molecule has 188 valence electrons. The van der Waals surface area contributed by atoms with Crippen LogP contribution >= 0.6 is 0 Å². The Morgan fingerprint density at radius 3 is 2.81 bits per heavy atom. The molecule has 3 aromatic rings. The van der Waals surface area contributed by atoms with Gasteiger partial charge in [0.1, 0.15) is 5.82 Å². The molecule has 1 aliphatic heterocycles. The van der Waals surface area contributed by atoms with Crippen LogP contribution in [0.3, 0.4) is 0 Å². The molecule has 2 N–H and O–H groups in total. The third kappa shape index (κ3) is 5.22. The monoisotopic (exact) mass is 492 g/mol. The van der Waals surface area contributed by atoms with Gasteiger partial charge in [-0.15, -0.1) is 0 Å². The van der Waals surface area contributed by atoms with E-state index < -0.39 is 17.8 Å². The van der Waals surface area contributed by atoms with Crippen LogP contribution in [0.5, 0.6) is 0 Å². The molecule has 2 fully saturated rings. The Morgan fingerprint density at radius 2 is 1.97 bits per heavy atom. The van der Waals surface area contributed by atoms with Crippen LogP contribution in [-0.2, 0) is 4.79 Å². The molecule has 0 spiro atoms. The van der Waals surface area contributed by atoms with Gasteiger partial charge in [0.05, 0.1) is 11.6 Å². The number of nitrogens with zero attached hydrogens (tertiary/aromatic N) is 4. The lowest BCUT2D eigenvalue weighted by molar-refractivity contribution is -0.126. The van der Waals surface area contributed by atoms with Crippen molar-refractivity contribution in [1.82, 2.24) is 25.3 Å². The number of carbonyl (C=O) groups is 2. The van der Waals surface area contributed by atoms with Crippen molar-refractivity contribution in [3.8, 4) is 11.4 Å². The highest BCUT2D eigenvalue weighted by atomic mass is 19.1. The van der Waals surface area contributed by atoms with Crippen molar-refractivity contribution in [1.29, 1.82) is 0 Å². The van der Waals surface area contributed by atoms with Gasteiger partial charge in [-0.05, 0) is 49.9 Å². The normalized spacial score (nSPS) is 22.9. The Hall–Kier alpha value is -3.82. The summed E-state index contributed by atoms with van der Waals surface area (Å²) in [6.45, 7) is 1.09. The van der Waals surface area contributed by atoms with Gasteiger partial charge in [-0.1, -0.05) is 30.1 Å². The molecule has 3 heterocycles. The summed E-state index contributed by atoms with van der Waals surface area (Å²) >= 11 is 0. The highest BCUT2D eigenvalue weighted by Crippen LogP contribution is 2.41. The Morgan fingerprint density at radius 1 is 1.11 bits per heavy atom. The van der Waals surface area contributed by atoms with Crippen LogP contribution in [0.4, 0.5) is 14.9 Å². The molecule has 10 heteroatoms. The Bertz CT molecular complexity index is 1200. The van der Waals surface area contributed by atoms with Crippen molar-refractivity contribution < 1.29 is 18.5 Å². The lowest BCUT2D eigenvalue weighted by Crippen LogP contribution is -2.49. The third-order valence-corrected chi connectivity index (χ3v) is 6.98. The van der Waals surface area contributed by atoms with Gasteiger partial charge in [0.25, 0.3) is 0 Å². The summed E-state index contributed by atoms with van der Waals surface area (Å²) in [5.41, 5.74) is 0.856. The number of para-hydroxylation sites is 1. The van der Waals surface area contributed by atoms with Gasteiger partial charge in [0.2, 0.25) is 17.6 Å². The molecular formula is C26H29FN6O3. The summed E-state index contributed by atoms with van der Waals surface area (Å²) in [6, 6.07) is 8.93. The molecule has 5 rings (SSSR count). The minimum atomic E-state index is -0.504. The van der Waals surface area contributed by atoms with Crippen molar-refractivity contribution in [3.05, 3.63) is 60.5 Å². The van der Waals surface area contributed by atoms with E-state index in [-0.39, 0.29) is 23.6 Å². The average Bonchev–Trinajstić information content (AvgIpc) is 3.55. The minimum Gasteiger partial charge on any atom is -0.356 e. The van der Waals surface area contributed by atoms with Gasteiger partial charge in [0, 0.05) is 43.0 Å². The number of hydrogen-bond acceptors (Lipinski definition) is 6. The second-order valence-electron chi connectivity index (χ2n) is 9.35. The number of carbonyl (C=O) groups excluding carboxylic acids is 2. The van der Waals surface area contributed by atoms with E-state index >= 15 is 0 Å². The largest absolute Gasteiger partial charge is 0.356 e. The molecule has 3 atom stereocenters. The summed E-state index contributed by atoms with van der Waals surface area (Å²) in [6.07, 6.45) is 7.93. The van der Waals surface area contributed by atoms with Crippen LogP contribution < -0.4 is 10.6 Å². The molecule has 1 saturated carbocycles. The number of rotatable bonds is 3. The van der Waals surface area contributed by atoms with Crippen LogP contribution in [-0.4, -0.2) is 51.1 Å². The van der Waals surface area contributed by atoms with Gasteiger partial charge < -0.3 is 20.1 Å². The van der Waals surface area contributed by atoms with E-state index in [9.17, 15) is 14.0 Å². The fourth-order valence-electron chi connectivity index (χ4n) is 5.13. The summed E-state index contributed by atoms with van der Waals surface area (Å²) < 4.78 is 19.9. The van der Waals surface area contributed by atoms with Crippen LogP contribution in [0.2, 0.25) is 0 Å². The molecule has 0 bridgehead atoms. The fraction of sp³-hybridized carbons (Fsp3) is 0.423. The zero-order valence-corrected chi connectivity index (χ0v) is 19.9. The molecule has 1 aromatic carbocycles. The molecule has 2 aliphatic rings. The van der Waals surface area contributed by atoms with Crippen LogP contribution in [0.25, 0.3) is 11.4 Å². The lowest BCUT2D eigenvalue weighted by Gasteiger charge is -2.32. The molecule has 36 heavy (non-hydrogen) atoms. The summed E-state index contributed by atoms with van der Waals surface area (Å²) in [4.78, 5) is 37.0. The summed E-state index contributed by atoms with van der Waals surface area (Å²) in [5, 5.41) is 9.86. The maximum atomic E-state index is 14.3. The number of hydrogen-bond donors (Lipinski definition) is 2. The maximum Gasteiger partial charge on any atom is 0.322 e. The number of anilines is 1. The molecule has 1 aliphatic carbocycles. The first-order valence-electron chi connectivity index (χ1n) is 12.4. The second-order valence-corrected chi connectivity index (χ2v) is 9.35. The SMILES string of the molecule is O=C1NCCCCCCN(C(=O)Nc2ccccc2F)C2CC(c3nc(-c4cccnc4)no3)CC12. The number of halogens is 1. The van der Waals surface area contributed by atoms with Crippen LogP contribution in [0.15, 0.2) is 53.3 Å². The zero-order valence-electron chi connectivity index (χ0n) is 19.9. The van der Waals surface area contributed by atoms with Gasteiger partial charge >= 0.3 is 6.03 Å². The molecular weight excluding hydrogens is 463 g/mol. The van der Waals surface area contributed by atoms with E-state index in [4.69, 9.17) is 4.52 Å². The van der Waals surface area contributed by atoms with E-state index in [0.29, 0.717) is 37.6 Å². The van der Waals surface area contributed by atoms with Crippen molar-refractivity contribution in [2.24, 2.45) is 5.92 Å². The van der Waals surface area contributed by atoms with E-state index in [2.05, 4.69) is 25.8 Å². The average molecular weight is 493 g/mol. The number of benzene rings is 1. The number of aromatic nitrogens is 3. The number of amides is 3. The molecule has 1 saturated heterocycles. The van der Waals surface area contributed by atoms with Crippen molar-refractivity contribution >= 4 is 17.6 Å². The third-order valence-electron chi connectivity index (χ3n) is 6.98. The standard InChI is InChI=1S/C26H29FN6O3/c27-20-9-3-4-10-21(20)30-26(35)33-13-6-2-1-5-12-29-24(34)19-14-18(15-22(19)33)25-31-23(32-36-25)17-8-7-11-28-16-17/h3-4,7-11,16,18-19,22H,1-2,5-6,12-15H2,(H,29,34)(H,30,35). The highest BCUT2D eigenvalue weighted by molar-refractivity contribution is 5.90. The fourth-order valence-corrected chi connectivity index (χ4v) is 5.13. The number of urea groups is 1. The van der Waals surface area contributed by atoms with Crippen LogP contribution in [0.1, 0.15) is 50.3 Å². The van der Waals surface area contributed by atoms with E-state index in [1.165, 1.54) is 12.1 Å². The summed E-state index contributed by atoms with van der Waals surface area (Å²) in [7, 11) is 0. The second kappa shape index (κ2) is 10.8. The molecule has 3 amide bonds. The topological polar surface area (TPSA) is 113 Å². The van der Waals surface area contributed by atoms with E-state index in [0.717, 1.165) is 31.2 Å².